The minimum atomic E-state index is -0.462. The third kappa shape index (κ3) is 4.76. The number of halogens is 1. The molecule has 0 spiro atoms. The Morgan fingerprint density at radius 2 is 1.85 bits per heavy atom. The Bertz CT molecular complexity index is 614. The zero-order chi connectivity index (χ0) is 18.7. The van der Waals surface area contributed by atoms with Gasteiger partial charge in [0.25, 0.3) is 0 Å². The van der Waals surface area contributed by atoms with E-state index in [9.17, 15) is 9.18 Å². The molecular formula is C21H30FNO3. The second-order valence-corrected chi connectivity index (χ2v) is 8.43. The van der Waals surface area contributed by atoms with Gasteiger partial charge in [-0.3, -0.25) is 0 Å². The van der Waals surface area contributed by atoms with Gasteiger partial charge in [0.05, 0.1) is 6.10 Å². The average Bonchev–Trinajstić information content (AvgIpc) is 2.83. The topological polar surface area (TPSA) is 38.8 Å². The van der Waals surface area contributed by atoms with Crippen molar-refractivity contribution in [2.75, 3.05) is 6.61 Å². The summed E-state index contributed by atoms with van der Waals surface area (Å²) < 4.78 is 25.2. The molecule has 1 aromatic carbocycles. The van der Waals surface area contributed by atoms with Gasteiger partial charge in [-0.15, -0.1) is 0 Å². The molecule has 0 aromatic heterocycles. The highest BCUT2D eigenvalue weighted by Crippen LogP contribution is 2.37. The molecule has 1 aromatic rings. The first-order valence-electron chi connectivity index (χ1n) is 9.70. The lowest BCUT2D eigenvalue weighted by Crippen LogP contribution is -2.50. The van der Waals surface area contributed by atoms with Crippen LogP contribution in [0.2, 0.25) is 0 Å². The number of piperidine rings is 1. The van der Waals surface area contributed by atoms with Gasteiger partial charge in [-0.2, -0.15) is 0 Å². The van der Waals surface area contributed by atoms with Crippen molar-refractivity contribution >= 4 is 6.09 Å². The summed E-state index contributed by atoms with van der Waals surface area (Å²) in [6.07, 6.45) is 5.29. The fourth-order valence-corrected chi connectivity index (χ4v) is 4.09. The number of hydrogen-bond donors (Lipinski definition) is 0. The van der Waals surface area contributed by atoms with E-state index in [2.05, 4.69) is 0 Å². The van der Waals surface area contributed by atoms with Crippen LogP contribution >= 0.6 is 0 Å². The number of carbonyl (C=O) groups is 1. The summed E-state index contributed by atoms with van der Waals surface area (Å²) in [7, 11) is 0. The number of benzene rings is 1. The molecule has 4 nitrogen and oxygen atoms in total. The number of rotatable bonds is 5. The maximum absolute atomic E-state index is 13.6. The van der Waals surface area contributed by atoms with E-state index in [1.807, 2.05) is 37.8 Å². The molecule has 2 fully saturated rings. The molecule has 2 heterocycles. The van der Waals surface area contributed by atoms with Crippen LogP contribution in [0.4, 0.5) is 9.18 Å². The second kappa shape index (κ2) is 7.95. The first-order valence-corrected chi connectivity index (χ1v) is 9.70. The molecule has 2 bridgehead atoms. The van der Waals surface area contributed by atoms with E-state index in [0.29, 0.717) is 13.0 Å². The van der Waals surface area contributed by atoms with Gasteiger partial charge in [0.15, 0.2) is 0 Å². The molecule has 2 aliphatic heterocycles. The van der Waals surface area contributed by atoms with Crippen molar-refractivity contribution in [3.8, 4) is 0 Å². The van der Waals surface area contributed by atoms with Crippen LogP contribution in [0.1, 0.15) is 58.4 Å². The standard InChI is InChI=1S/C21H30FNO3/c1-21(2,3)26-20(24)23-16-10-11-17(23)14-18(13-16)25-12-6-8-15-7-4-5-9-19(15)22/h4-5,7,9,16-18H,6,8,10-14H2,1-3H3. The molecular weight excluding hydrogens is 333 g/mol. The second-order valence-electron chi connectivity index (χ2n) is 8.43. The molecule has 2 atom stereocenters. The van der Waals surface area contributed by atoms with E-state index in [-0.39, 0.29) is 30.1 Å². The van der Waals surface area contributed by atoms with Crippen LogP contribution in [0.3, 0.4) is 0 Å². The van der Waals surface area contributed by atoms with E-state index in [1.165, 1.54) is 6.07 Å². The van der Waals surface area contributed by atoms with Gasteiger partial charge in [-0.25, -0.2) is 9.18 Å². The van der Waals surface area contributed by atoms with Gasteiger partial charge >= 0.3 is 6.09 Å². The third-order valence-corrected chi connectivity index (χ3v) is 5.20. The zero-order valence-electron chi connectivity index (χ0n) is 16.0. The summed E-state index contributed by atoms with van der Waals surface area (Å²) in [5.41, 5.74) is 0.284. The SMILES string of the molecule is CC(C)(C)OC(=O)N1C2CCC1CC(OCCCc1ccccc1F)C2. The summed E-state index contributed by atoms with van der Waals surface area (Å²) in [5, 5.41) is 0. The Balaban J connectivity index is 1.44. The Kier molecular flexibility index (Phi) is 5.86. The predicted molar refractivity (Wildman–Crippen MR) is 98.6 cm³/mol. The number of carbonyl (C=O) groups excluding carboxylic acids is 1. The normalized spacial score (nSPS) is 25.4. The van der Waals surface area contributed by atoms with Crippen molar-refractivity contribution in [2.24, 2.45) is 0 Å². The lowest BCUT2D eigenvalue weighted by Gasteiger charge is -2.39. The van der Waals surface area contributed by atoms with E-state index in [0.717, 1.165) is 37.7 Å². The van der Waals surface area contributed by atoms with Crippen molar-refractivity contribution in [3.05, 3.63) is 35.6 Å². The molecule has 0 saturated carbocycles. The molecule has 26 heavy (non-hydrogen) atoms. The molecule has 0 N–H and O–H groups in total. The molecule has 2 saturated heterocycles. The quantitative estimate of drug-likeness (QED) is 0.712. The van der Waals surface area contributed by atoms with Gasteiger partial charge in [0, 0.05) is 18.7 Å². The van der Waals surface area contributed by atoms with Gasteiger partial charge in [0.1, 0.15) is 11.4 Å². The number of amides is 1. The largest absolute Gasteiger partial charge is 0.444 e. The molecule has 2 unspecified atom stereocenters. The highest BCUT2D eigenvalue weighted by Gasteiger charge is 2.45. The zero-order valence-corrected chi connectivity index (χ0v) is 16.0. The minimum absolute atomic E-state index is 0.142. The Morgan fingerprint density at radius 1 is 1.19 bits per heavy atom. The van der Waals surface area contributed by atoms with Gasteiger partial charge in [0.2, 0.25) is 0 Å². The Labute approximate surface area is 155 Å². The first-order chi connectivity index (χ1) is 12.3. The molecule has 1 amide bonds. The number of hydrogen-bond acceptors (Lipinski definition) is 3. The van der Waals surface area contributed by atoms with Gasteiger partial charge in [-0.05, 0) is 70.9 Å². The van der Waals surface area contributed by atoms with Gasteiger partial charge < -0.3 is 14.4 Å². The van der Waals surface area contributed by atoms with Crippen LogP contribution < -0.4 is 0 Å². The fourth-order valence-electron chi connectivity index (χ4n) is 4.09. The first kappa shape index (κ1) is 19.2. The number of aryl methyl sites for hydroxylation is 1. The highest BCUT2D eigenvalue weighted by atomic mass is 19.1. The molecule has 0 radical (unpaired) electrons. The van der Waals surface area contributed by atoms with Gasteiger partial charge in [-0.1, -0.05) is 18.2 Å². The third-order valence-electron chi connectivity index (χ3n) is 5.20. The van der Waals surface area contributed by atoms with E-state index in [4.69, 9.17) is 9.47 Å². The number of nitrogens with zero attached hydrogens (tertiary/aromatic N) is 1. The van der Waals surface area contributed by atoms with Crippen molar-refractivity contribution in [3.63, 3.8) is 0 Å². The van der Waals surface area contributed by atoms with E-state index < -0.39 is 5.60 Å². The molecule has 144 valence electrons. The van der Waals surface area contributed by atoms with Crippen LogP contribution in [-0.2, 0) is 15.9 Å². The summed E-state index contributed by atoms with van der Waals surface area (Å²) in [6, 6.07) is 7.35. The molecule has 5 heteroatoms. The molecule has 2 aliphatic rings. The fraction of sp³-hybridized carbons (Fsp3) is 0.667. The predicted octanol–water partition coefficient (Wildman–Crippen LogP) is 4.71. The number of ether oxygens (including phenoxy) is 2. The lowest BCUT2D eigenvalue weighted by atomic mass is 10.00. The van der Waals surface area contributed by atoms with Crippen LogP contribution in [0.25, 0.3) is 0 Å². The monoisotopic (exact) mass is 363 g/mol. The average molecular weight is 363 g/mol. The van der Waals surface area contributed by atoms with E-state index in [1.54, 1.807) is 6.07 Å². The summed E-state index contributed by atoms with van der Waals surface area (Å²) in [4.78, 5) is 14.4. The smallest absolute Gasteiger partial charge is 0.410 e. The minimum Gasteiger partial charge on any atom is -0.444 e. The maximum atomic E-state index is 13.6. The van der Waals surface area contributed by atoms with Crippen LogP contribution in [0, 0.1) is 5.82 Å². The van der Waals surface area contributed by atoms with Crippen molar-refractivity contribution < 1.29 is 18.7 Å². The highest BCUT2D eigenvalue weighted by molar-refractivity contribution is 5.69. The van der Waals surface area contributed by atoms with Crippen molar-refractivity contribution in [2.45, 2.75) is 83.1 Å². The van der Waals surface area contributed by atoms with Crippen LogP contribution in [-0.4, -0.2) is 41.4 Å². The Morgan fingerprint density at radius 3 is 2.46 bits per heavy atom. The maximum Gasteiger partial charge on any atom is 0.410 e. The van der Waals surface area contributed by atoms with Crippen LogP contribution in [0.15, 0.2) is 24.3 Å². The summed E-state index contributed by atoms with van der Waals surface area (Å²) >= 11 is 0. The van der Waals surface area contributed by atoms with Crippen molar-refractivity contribution in [1.82, 2.24) is 4.90 Å². The van der Waals surface area contributed by atoms with Crippen molar-refractivity contribution in [1.29, 1.82) is 0 Å². The summed E-state index contributed by atoms with van der Waals surface area (Å²) in [5.74, 6) is -0.142. The lowest BCUT2D eigenvalue weighted by molar-refractivity contribution is -0.0347. The van der Waals surface area contributed by atoms with E-state index >= 15 is 0 Å². The Hall–Kier alpha value is -1.62. The number of fused-ring (bicyclic) bond motifs is 2. The molecule has 0 aliphatic carbocycles. The summed E-state index contributed by atoms with van der Waals surface area (Å²) in [6.45, 7) is 6.33. The molecule has 3 rings (SSSR count). The van der Waals surface area contributed by atoms with Crippen LogP contribution in [0.5, 0.6) is 0 Å².